The minimum absolute atomic E-state index is 0.122. The number of nitrogens with one attached hydrogen (secondary N) is 2. The smallest absolute Gasteiger partial charge is 0.336 e. The third-order valence-corrected chi connectivity index (χ3v) is 6.11. The molecule has 3 atom stereocenters. The first kappa shape index (κ1) is 34.5. The van der Waals surface area contributed by atoms with Gasteiger partial charge in [-0.3, -0.25) is 29.0 Å². The van der Waals surface area contributed by atoms with E-state index in [-0.39, 0.29) is 36.6 Å². The van der Waals surface area contributed by atoms with Crippen molar-refractivity contribution in [2.45, 2.75) is 57.3 Å². The SMILES string of the molecule is CCC(N)C(=O)N(C)[C@H](CCCN=C(N)N)C(=O)NCC(=O)N[C@@H](CC(=O)O)C(=O)c1c(CN)cccc1C(=O)O. The molecule has 226 valence electrons. The van der Waals surface area contributed by atoms with Gasteiger partial charge in [-0.2, -0.15) is 0 Å². The molecule has 16 nitrogen and oxygen atoms in total. The lowest BCUT2D eigenvalue weighted by Gasteiger charge is -2.29. The Labute approximate surface area is 236 Å². The second-order valence-electron chi connectivity index (χ2n) is 9.08. The fraction of sp³-hybridized carbons (Fsp3) is 0.480. The van der Waals surface area contributed by atoms with Crippen molar-refractivity contribution in [1.82, 2.24) is 15.5 Å². The number of aliphatic carboxylic acids is 1. The lowest BCUT2D eigenvalue weighted by Crippen LogP contribution is -2.54. The summed E-state index contributed by atoms with van der Waals surface area (Å²) in [5, 5.41) is 23.4. The number of nitrogens with two attached hydrogens (primary N) is 4. The van der Waals surface area contributed by atoms with E-state index < -0.39 is 72.1 Å². The molecule has 12 N–H and O–H groups in total. The Hall–Kier alpha value is -4.57. The Kier molecular flexibility index (Phi) is 13.9. The molecule has 0 saturated carbocycles. The van der Waals surface area contributed by atoms with Gasteiger partial charge in [-0.05, 0) is 30.9 Å². The summed E-state index contributed by atoms with van der Waals surface area (Å²) in [6.07, 6.45) is -0.112. The Morgan fingerprint density at radius 3 is 2.29 bits per heavy atom. The maximum atomic E-state index is 13.2. The number of Topliss-reactive ketones (excluding diaryl/α,β-unsaturated/α-hetero) is 1. The Morgan fingerprint density at radius 1 is 1.10 bits per heavy atom. The zero-order valence-corrected chi connectivity index (χ0v) is 23.0. The van der Waals surface area contributed by atoms with E-state index in [4.69, 9.17) is 22.9 Å². The number of amides is 3. The monoisotopic (exact) mass is 578 g/mol. The van der Waals surface area contributed by atoms with Gasteiger partial charge in [0.15, 0.2) is 11.7 Å². The van der Waals surface area contributed by atoms with Gasteiger partial charge in [0, 0.05) is 25.7 Å². The molecular weight excluding hydrogens is 540 g/mol. The highest BCUT2D eigenvalue weighted by atomic mass is 16.4. The maximum Gasteiger partial charge on any atom is 0.336 e. The molecule has 1 aromatic carbocycles. The zero-order chi connectivity index (χ0) is 31.3. The molecule has 1 aromatic rings. The van der Waals surface area contributed by atoms with Crippen LogP contribution in [-0.4, -0.2) is 94.8 Å². The first-order valence-electron chi connectivity index (χ1n) is 12.7. The Bertz CT molecular complexity index is 1170. The second kappa shape index (κ2) is 16.5. The van der Waals surface area contributed by atoms with Gasteiger partial charge < -0.3 is 48.7 Å². The van der Waals surface area contributed by atoms with E-state index in [1.54, 1.807) is 6.92 Å². The van der Waals surface area contributed by atoms with Crippen molar-refractivity contribution in [3.05, 3.63) is 34.9 Å². The van der Waals surface area contributed by atoms with Crippen LogP contribution in [0.1, 0.15) is 58.9 Å². The van der Waals surface area contributed by atoms with E-state index in [2.05, 4.69) is 15.6 Å². The van der Waals surface area contributed by atoms with E-state index in [9.17, 15) is 39.0 Å². The number of benzene rings is 1. The normalized spacial score (nSPS) is 12.8. The molecule has 1 unspecified atom stereocenters. The molecule has 1 rings (SSSR count). The number of nitrogens with zero attached hydrogens (tertiary/aromatic N) is 2. The number of aliphatic imine (C=N–C) groups is 1. The summed E-state index contributed by atoms with van der Waals surface area (Å²) in [4.78, 5) is 79.7. The molecule has 0 radical (unpaired) electrons. The van der Waals surface area contributed by atoms with Gasteiger partial charge in [0.2, 0.25) is 17.7 Å². The predicted molar refractivity (Wildman–Crippen MR) is 148 cm³/mol. The van der Waals surface area contributed by atoms with Gasteiger partial charge >= 0.3 is 11.9 Å². The predicted octanol–water partition coefficient (Wildman–Crippen LogP) is -2.28. The minimum atomic E-state index is -1.66. The topological polar surface area (TPSA) is 287 Å². The number of rotatable bonds is 17. The summed E-state index contributed by atoms with van der Waals surface area (Å²) in [5.41, 5.74) is 21.5. The van der Waals surface area contributed by atoms with E-state index in [0.717, 1.165) is 11.0 Å². The molecule has 0 heterocycles. The number of carbonyl (C=O) groups excluding carboxylic acids is 4. The summed E-state index contributed by atoms with van der Waals surface area (Å²) in [7, 11) is 1.39. The van der Waals surface area contributed by atoms with Gasteiger partial charge in [-0.1, -0.05) is 19.1 Å². The van der Waals surface area contributed by atoms with Crippen molar-refractivity contribution in [2.75, 3.05) is 20.1 Å². The quantitative estimate of drug-likeness (QED) is 0.0420. The van der Waals surface area contributed by atoms with Crippen molar-refractivity contribution >= 4 is 41.4 Å². The third kappa shape index (κ3) is 10.5. The fourth-order valence-electron chi connectivity index (χ4n) is 3.91. The van der Waals surface area contributed by atoms with Crippen molar-refractivity contribution in [3.8, 4) is 0 Å². The molecule has 0 aliphatic rings. The molecule has 0 fully saturated rings. The van der Waals surface area contributed by atoms with Crippen molar-refractivity contribution < 1.29 is 39.0 Å². The Balaban J connectivity index is 3.10. The molecule has 0 bridgehead atoms. The van der Waals surface area contributed by atoms with Gasteiger partial charge in [-0.25, -0.2) is 4.79 Å². The number of hydrogen-bond donors (Lipinski definition) is 8. The maximum absolute atomic E-state index is 13.2. The number of likely N-dealkylation sites (N-methyl/N-ethyl adjacent to an activating group) is 1. The number of aromatic carboxylic acids is 1. The number of hydrogen-bond acceptors (Lipinski definition) is 9. The van der Waals surface area contributed by atoms with Crippen LogP contribution in [0.3, 0.4) is 0 Å². The largest absolute Gasteiger partial charge is 0.481 e. The molecule has 0 spiro atoms. The van der Waals surface area contributed by atoms with Gasteiger partial charge in [0.05, 0.1) is 24.6 Å². The molecular formula is C25H38N8O8. The minimum Gasteiger partial charge on any atom is -0.481 e. The number of ketones is 1. The summed E-state index contributed by atoms with van der Waals surface area (Å²) >= 11 is 0. The highest BCUT2D eigenvalue weighted by Gasteiger charge is 2.32. The van der Waals surface area contributed by atoms with Crippen LogP contribution in [0.4, 0.5) is 0 Å². The van der Waals surface area contributed by atoms with Crippen LogP contribution in [0.2, 0.25) is 0 Å². The summed E-state index contributed by atoms with van der Waals surface area (Å²) in [6.45, 7) is 0.980. The molecule has 0 aliphatic carbocycles. The summed E-state index contributed by atoms with van der Waals surface area (Å²) in [5.74, 6) is -6.15. The van der Waals surface area contributed by atoms with Crippen LogP contribution in [0.5, 0.6) is 0 Å². The number of carboxylic acids is 2. The standard InChI is InChI=1S/C25H38N8O8/c1-3-15(27)23(39)33(2)17(8-5-9-30-25(28)29)22(38)31-12-18(34)32-16(10-19(35)36)21(37)20-13(11-26)6-4-7-14(20)24(40)41/h4,6-7,15-17H,3,5,8-12,26-27H2,1-2H3,(H,31,38)(H,32,34)(H,35,36)(H,40,41)(H4,28,29,30)/t15?,16-,17+/m0/s1. The highest BCUT2D eigenvalue weighted by molar-refractivity contribution is 6.11. The van der Waals surface area contributed by atoms with Crippen LogP contribution in [0, 0.1) is 0 Å². The van der Waals surface area contributed by atoms with Crippen molar-refractivity contribution in [1.29, 1.82) is 0 Å². The molecule has 0 aliphatic heterocycles. The zero-order valence-electron chi connectivity index (χ0n) is 23.0. The molecule has 16 heteroatoms. The van der Waals surface area contributed by atoms with Gasteiger partial charge in [0.1, 0.15) is 12.1 Å². The first-order chi connectivity index (χ1) is 19.2. The average molecular weight is 579 g/mol. The Morgan fingerprint density at radius 2 is 1.76 bits per heavy atom. The van der Waals surface area contributed by atoms with Crippen LogP contribution < -0.4 is 33.6 Å². The average Bonchev–Trinajstić information content (AvgIpc) is 2.92. The third-order valence-electron chi connectivity index (χ3n) is 6.11. The molecule has 3 amide bonds. The van der Waals surface area contributed by atoms with Gasteiger partial charge in [0.25, 0.3) is 0 Å². The van der Waals surface area contributed by atoms with Gasteiger partial charge in [-0.15, -0.1) is 0 Å². The van der Waals surface area contributed by atoms with Crippen molar-refractivity contribution in [2.24, 2.45) is 27.9 Å². The molecule has 0 aromatic heterocycles. The van der Waals surface area contributed by atoms with E-state index in [1.165, 1.54) is 19.2 Å². The van der Waals surface area contributed by atoms with Crippen molar-refractivity contribution in [3.63, 3.8) is 0 Å². The molecule has 41 heavy (non-hydrogen) atoms. The number of guanidine groups is 1. The first-order valence-corrected chi connectivity index (χ1v) is 12.7. The van der Waals surface area contributed by atoms with Crippen LogP contribution >= 0.6 is 0 Å². The second-order valence-corrected chi connectivity index (χ2v) is 9.08. The summed E-state index contributed by atoms with van der Waals surface area (Å²) in [6, 6.07) is 0.384. The molecule has 0 saturated heterocycles. The van der Waals surface area contributed by atoms with E-state index >= 15 is 0 Å². The van der Waals surface area contributed by atoms with Crippen LogP contribution in [0.15, 0.2) is 23.2 Å². The highest BCUT2D eigenvalue weighted by Crippen LogP contribution is 2.19. The van der Waals surface area contributed by atoms with E-state index in [0.29, 0.717) is 12.8 Å². The van der Waals surface area contributed by atoms with Crippen LogP contribution in [0.25, 0.3) is 0 Å². The lowest BCUT2D eigenvalue weighted by molar-refractivity contribution is -0.140. The fourth-order valence-corrected chi connectivity index (χ4v) is 3.91. The number of carboxylic acid groups (broad SMARTS) is 2. The van der Waals surface area contributed by atoms with E-state index in [1.807, 2.05) is 0 Å². The number of carbonyl (C=O) groups is 6. The lowest BCUT2D eigenvalue weighted by atomic mass is 9.92. The van der Waals surface area contributed by atoms with Crippen LogP contribution in [-0.2, 0) is 25.7 Å². The summed E-state index contributed by atoms with van der Waals surface area (Å²) < 4.78 is 0.